The molecule has 0 amide bonds. The molecule has 3 unspecified atom stereocenters. The molecule has 2 nitrogen and oxygen atoms in total. The van der Waals surface area contributed by atoms with Gasteiger partial charge in [-0.1, -0.05) is 31.1 Å². The summed E-state index contributed by atoms with van der Waals surface area (Å²) in [6.45, 7) is 0. The molecule has 1 fully saturated rings. The summed E-state index contributed by atoms with van der Waals surface area (Å²) in [6.07, 6.45) is 11.0. The molecule has 0 radical (unpaired) electrons. The van der Waals surface area contributed by atoms with Crippen molar-refractivity contribution in [3.63, 3.8) is 0 Å². The maximum atomic E-state index is 11.6. The normalized spacial score (nSPS) is 37.5. The first-order valence-electron chi connectivity index (χ1n) is 5.36. The van der Waals surface area contributed by atoms with E-state index in [1.54, 1.807) is 12.2 Å². The maximum absolute atomic E-state index is 11.6. The number of ketones is 1. The van der Waals surface area contributed by atoms with E-state index in [0.717, 1.165) is 25.7 Å². The summed E-state index contributed by atoms with van der Waals surface area (Å²) < 4.78 is 0. The standard InChI is InChI=1S/C12H16O2/c13-11-7-3-1-5-9(11)10-6-2-4-8-12(10)14/h1,3,5,7,9-10,12,14H,2,4,6,8H2. The fraction of sp³-hybridized carbons (Fsp3) is 0.583. The lowest BCUT2D eigenvalue weighted by Gasteiger charge is -2.32. The Balaban J connectivity index is 2.09. The molecule has 2 rings (SSSR count). The molecule has 0 aromatic rings. The topological polar surface area (TPSA) is 37.3 Å². The van der Waals surface area contributed by atoms with Gasteiger partial charge in [0.1, 0.15) is 0 Å². The quantitative estimate of drug-likeness (QED) is 0.688. The number of hydrogen-bond acceptors (Lipinski definition) is 2. The fourth-order valence-electron chi connectivity index (χ4n) is 2.45. The Morgan fingerprint density at radius 3 is 2.71 bits per heavy atom. The average Bonchev–Trinajstić information content (AvgIpc) is 2.20. The minimum atomic E-state index is -0.283. The summed E-state index contributed by atoms with van der Waals surface area (Å²) >= 11 is 0. The van der Waals surface area contributed by atoms with Crippen molar-refractivity contribution >= 4 is 5.78 Å². The molecule has 0 aromatic carbocycles. The number of aliphatic hydroxyl groups excluding tert-OH is 1. The minimum Gasteiger partial charge on any atom is -0.393 e. The molecule has 0 heterocycles. The van der Waals surface area contributed by atoms with E-state index in [2.05, 4.69) is 0 Å². The summed E-state index contributed by atoms with van der Waals surface area (Å²) in [4.78, 5) is 11.6. The lowest BCUT2D eigenvalue weighted by Crippen LogP contribution is -2.34. The molecular formula is C12H16O2. The smallest absolute Gasteiger partial charge is 0.162 e. The Hall–Kier alpha value is -0.890. The van der Waals surface area contributed by atoms with Gasteiger partial charge in [-0.2, -0.15) is 0 Å². The van der Waals surface area contributed by atoms with E-state index in [4.69, 9.17) is 0 Å². The Kier molecular flexibility index (Phi) is 2.82. The van der Waals surface area contributed by atoms with E-state index < -0.39 is 0 Å². The molecule has 0 aliphatic heterocycles. The number of allylic oxidation sites excluding steroid dienone is 4. The number of carbonyl (C=O) groups is 1. The second-order valence-electron chi connectivity index (χ2n) is 4.19. The van der Waals surface area contributed by atoms with Crippen LogP contribution in [0, 0.1) is 11.8 Å². The molecule has 1 saturated carbocycles. The minimum absolute atomic E-state index is 0.0738. The highest BCUT2D eigenvalue weighted by molar-refractivity contribution is 5.94. The van der Waals surface area contributed by atoms with Crippen LogP contribution in [-0.4, -0.2) is 17.0 Å². The van der Waals surface area contributed by atoms with Crippen LogP contribution >= 0.6 is 0 Å². The summed E-state index contributed by atoms with van der Waals surface area (Å²) in [5.41, 5.74) is 0. The number of aliphatic hydroxyl groups is 1. The Morgan fingerprint density at radius 1 is 1.21 bits per heavy atom. The van der Waals surface area contributed by atoms with Crippen LogP contribution in [0.5, 0.6) is 0 Å². The molecule has 2 aliphatic rings. The van der Waals surface area contributed by atoms with Gasteiger partial charge in [0.2, 0.25) is 0 Å². The van der Waals surface area contributed by atoms with Crippen molar-refractivity contribution in [2.75, 3.05) is 0 Å². The third-order valence-corrected chi connectivity index (χ3v) is 3.26. The zero-order valence-corrected chi connectivity index (χ0v) is 8.23. The summed E-state index contributed by atoms with van der Waals surface area (Å²) in [6, 6.07) is 0. The number of rotatable bonds is 1. The Morgan fingerprint density at radius 2 is 2.00 bits per heavy atom. The Bertz CT molecular complexity index is 278. The lowest BCUT2D eigenvalue weighted by atomic mass is 9.75. The first-order chi connectivity index (χ1) is 6.79. The highest BCUT2D eigenvalue weighted by Crippen LogP contribution is 2.32. The molecule has 1 N–H and O–H groups in total. The molecule has 14 heavy (non-hydrogen) atoms. The fourth-order valence-corrected chi connectivity index (χ4v) is 2.45. The molecule has 2 heteroatoms. The molecule has 0 saturated heterocycles. The molecule has 0 aromatic heterocycles. The van der Waals surface area contributed by atoms with Gasteiger partial charge in [0.15, 0.2) is 5.78 Å². The molecule has 2 aliphatic carbocycles. The van der Waals surface area contributed by atoms with Crippen molar-refractivity contribution in [2.24, 2.45) is 11.8 Å². The average molecular weight is 192 g/mol. The van der Waals surface area contributed by atoms with Crippen LogP contribution in [0.15, 0.2) is 24.3 Å². The van der Waals surface area contributed by atoms with Crippen molar-refractivity contribution in [2.45, 2.75) is 31.8 Å². The predicted molar refractivity (Wildman–Crippen MR) is 54.7 cm³/mol. The SMILES string of the molecule is O=C1C=CC=CC1C1CCCCC1O. The second kappa shape index (κ2) is 4.09. The van der Waals surface area contributed by atoms with E-state index in [1.807, 2.05) is 12.2 Å². The highest BCUT2D eigenvalue weighted by atomic mass is 16.3. The first kappa shape index (κ1) is 9.66. The molecular weight excluding hydrogens is 176 g/mol. The van der Waals surface area contributed by atoms with Crippen LogP contribution in [-0.2, 0) is 4.79 Å². The second-order valence-corrected chi connectivity index (χ2v) is 4.19. The van der Waals surface area contributed by atoms with Crippen LogP contribution in [0.3, 0.4) is 0 Å². The monoisotopic (exact) mass is 192 g/mol. The number of carbonyl (C=O) groups excluding carboxylic acids is 1. The van der Waals surface area contributed by atoms with Gasteiger partial charge in [0.25, 0.3) is 0 Å². The van der Waals surface area contributed by atoms with Crippen molar-refractivity contribution in [3.05, 3.63) is 24.3 Å². The molecule has 3 atom stereocenters. The maximum Gasteiger partial charge on any atom is 0.162 e. The number of hydrogen-bond donors (Lipinski definition) is 1. The van der Waals surface area contributed by atoms with E-state index in [1.165, 1.54) is 0 Å². The van der Waals surface area contributed by atoms with Crippen LogP contribution in [0.1, 0.15) is 25.7 Å². The van der Waals surface area contributed by atoms with Crippen molar-refractivity contribution in [3.8, 4) is 0 Å². The van der Waals surface area contributed by atoms with Gasteiger partial charge in [0.05, 0.1) is 6.10 Å². The van der Waals surface area contributed by atoms with Gasteiger partial charge in [-0.05, 0) is 24.8 Å². The molecule has 0 spiro atoms. The summed E-state index contributed by atoms with van der Waals surface area (Å²) in [5.74, 6) is 0.228. The van der Waals surface area contributed by atoms with Crippen LogP contribution in [0.4, 0.5) is 0 Å². The van der Waals surface area contributed by atoms with Crippen molar-refractivity contribution in [1.29, 1.82) is 0 Å². The van der Waals surface area contributed by atoms with Crippen molar-refractivity contribution < 1.29 is 9.90 Å². The molecule has 76 valence electrons. The van der Waals surface area contributed by atoms with Crippen LogP contribution in [0.2, 0.25) is 0 Å². The van der Waals surface area contributed by atoms with Gasteiger partial charge in [-0.25, -0.2) is 0 Å². The highest BCUT2D eigenvalue weighted by Gasteiger charge is 2.32. The third kappa shape index (κ3) is 1.80. The van der Waals surface area contributed by atoms with Gasteiger partial charge in [-0.3, -0.25) is 4.79 Å². The predicted octanol–water partition coefficient (Wildman–Crippen LogP) is 1.85. The van der Waals surface area contributed by atoms with Gasteiger partial charge in [-0.15, -0.1) is 0 Å². The zero-order valence-electron chi connectivity index (χ0n) is 8.23. The van der Waals surface area contributed by atoms with Crippen molar-refractivity contribution in [1.82, 2.24) is 0 Å². The van der Waals surface area contributed by atoms with Gasteiger partial charge < -0.3 is 5.11 Å². The van der Waals surface area contributed by atoms with Gasteiger partial charge >= 0.3 is 0 Å². The van der Waals surface area contributed by atoms with Gasteiger partial charge in [0, 0.05) is 5.92 Å². The first-order valence-corrected chi connectivity index (χ1v) is 5.36. The zero-order chi connectivity index (χ0) is 9.97. The van der Waals surface area contributed by atoms with Crippen LogP contribution in [0.25, 0.3) is 0 Å². The van der Waals surface area contributed by atoms with E-state index in [0.29, 0.717) is 0 Å². The van der Waals surface area contributed by atoms with E-state index in [-0.39, 0.29) is 23.7 Å². The molecule has 0 bridgehead atoms. The lowest BCUT2D eigenvalue weighted by molar-refractivity contribution is -0.120. The van der Waals surface area contributed by atoms with E-state index >= 15 is 0 Å². The summed E-state index contributed by atoms with van der Waals surface area (Å²) in [7, 11) is 0. The van der Waals surface area contributed by atoms with E-state index in [9.17, 15) is 9.90 Å². The summed E-state index contributed by atoms with van der Waals surface area (Å²) in [5, 5.41) is 9.83. The largest absolute Gasteiger partial charge is 0.393 e. The van der Waals surface area contributed by atoms with Crippen LogP contribution < -0.4 is 0 Å². The Labute approximate surface area is 84.3 Å². The third-order valence-electron chi connectivity index (χ3n) is 3.26.